The van der Waals surface area contributed by atoms with E-state index in [1.165, 1.54) is 24.4 Å². The van der Waals surface area contributed by atoms with Gasteiger partial charge >= 0.3 is 0 Å². The molecule has 0 radical (unpaired) electrons. The topological polar surface area (TPSA) is 77.0 Å². The van der Waals surface area contributed by atoms with E-state index < -0.39 is 5.60 Å². The van der Waals surface area contributed by atoms with Gasteiger partial charge in [0.1, 0.15) is 24.5 Å². The molecular formula is C15H14Cl2N4O2S. The van der Waals surface area contributed by atoms with Crippen molar-refractivity contribution in [3.8, 4) is 0 Å². The number of halogens is 2. The number of thioether (sulfide) groups is 1. The fourth-order valence-electron chi connectivity index (χ4n) is 2.29. The molecule has 0 saturated heterocycles. The third-order valence-electron chi connectivity index (χ3n) is 3.40. The molecule has 0 bridgehead atoms. The minimum Gasteiger partial charge on any atom is -0.382 e. The van der Waals surface area contributed by atoms with Crippen molar-refractivity contribution in [1.29, 1.82) is 0 Å². The number of aliphatic hydroxyl groups is 1. The van der Waals surface area contributed by atoms with Crippen molar-refractivity contribution in [2.45, 2.75) is 17.9 Å². The van der Waals surface area contributed by atoms with Crippen LogP contribution in [0.3, 0.4) is 0 Å². The first-order valence-corrected chi connectivity index (χ1v) is 8.95. The molecule has 1 unspecified atom stereocenters. The highest BCUT2D eigenvalue weighted by Gasteiger charge is 2.32. The molecule has 9 heteroatoms. The van der Waals surface area contributed by atoms with E-state index in [2.05, 4.69) is 15.2 Å². The second-order valence-electron chi connectivity index (χ2n) is 5.23. The molecule has 0 amide bonds. The van der Waals surface area contributed by atoms with Crippen molar-refractivity contribution in [3.63, 3.8) is 0 Å². The SMILES string of the molecule is OC(CSCc1ccon1)(Cn1cncn1)c1ccc(Cl)cc1Cl. The van der Waals surface area contributed by atoms with Crippen LogP contribution in [0.2, 0.25) is 10.0 Å². The normalized spacial score (nSPS) is 13.8. The van der Waals surface area contributed by atoms with Gasteiger partial charge in [-0.3, -0.25) is 0 Å². The Balaban J connectivity index is 1.82. The third-order valence-corrected chi connectivity index (χ3v) is 5.13. The molecule has 126 valence electrons. The van der Waals surface area contributed by atoms with E-state index in [0.29, 0.717) is 27.1 Å². The Morgan fingerprint density at radius 1 is 1.29 bits per heavy atom. The van der Waals surface area contributed by atoms with Gasteiger partial charge in [0.2, 0.25) is 0 Å². The van der Waals surface area contributed by atoms with Crippen LogP contribution in [-0.4, -0.2) is 30.8 Å². The van der Waals surface area contributed by atoms with Crippen LogP contribution in [0.15, 0.2) is 47.7 Å². The van der Waals surface area contributed by atoms with Gasteiger partial charge in [-0.25, -0.2) is 9.67 Å². The Labute approximate surface area is 152 Å². The van der Waals surface area contributed by atoms with E-state index in [4.69, 9.17) is 27.7 Å². The summed E-state index contributed by atoms with van der Waals surface area (Å²) in [7, 11) is 0. The minimum absolute atomic E-state index is 0.222. The lowest BCUT2D eigenvalue weighted by molar-refractivity contribution is 0.0397. The standard InChI is InChI=1S/C15H14Cl2N4O2S/c16-11-1-2-13(14(17)5-11)15(22,7-21-10-18-9-19-21)8-24-6-12-3-4-23-20-12/h1-5,9-10,22H,6-8H2. The second kappa shape index (κ2) is 7.57. The van der Waals surface area contributed by atoms with Gasteiger partial charge in [-0.15, -0.1) is 0 Å². The zero-order chi connectivity index (χ0) is 17.0. The Morgan fingerprint density at radius 3 is 2.83 bits per heavy atom. The molecule has 3 rings (SSSR count). The Hall–Kier alpha value is -1.54. The quantitative estimate of drug-likeness (QED) is 0.672. The first-order valence-electron chi connectivity index (χ1n) is 7.04. The Bertz CT molecular complexity index is 783. The van der Waals surface area contributed by atoms with Crippen LogP contribution in [0, 0.1) is 0 Å². The summed E-state index contributed by atoms with van der Waals surface area (Å²) < 4.78 is 6.39. The maximum absolute atomic E-state index is 11.3. The molecule has 24 heavy (non-hydrogen) atoms. The number of nitrogens with zero attached hydrogens (tertiary/aromatic N) is 4. The molecule has 6 nitrogen and oxygen atoms in total. The highest BCUT2D eigenvalue weighted by Crippen LogP contribution is 2.35. The molecule has 1 atom stereocenters. The summed E-state index contributed by atoms with van der Waals surface area (Å²) in [6.07, 6.45) is 4.50. The minimum atomic E-state index is -1.23. The molecule has 1 N–H and O–H groups in total. The van der Waals surface area contributed by atoms with Crippen LogP contribution < -0.4 is 0 Å². The van der Waals surface area contributed by atoms with Crippen LogP contribution in [0.25, 0.3) is 0 Å². The zero-order valence-electron chi connectivity index (χ0n) is 12.5. The number of hydrogen-bond donors (Lipinski definition) is 1. The molecule has 0 spiro atoms. The third kappa shape index (κ3) is 4.10. The number of aromatic nitrogens is 4. The molecule has 0 fully saturated rings. The van der Waals surface area contributed by atoms with Gasteiger partial charge in [0, 0.05) is 33.2 Å². The van der Waals surface area contributed by atoms with Crippen LogP contribution in [-0.2, 0) is 17.9 Å². The highest BCUT2D eigenvalue weighted by atomic mass is 35.5. The predicted molar refractivity (Wildman–Crippen MR) is 93.0 cm³/mol. The Kier molecular flexibility index (Phi) is 5.45. The van der Waals surface area contributed by atoms with Gasteiger partial charge in [-0.2, -0.15) is 16.9 Å². The van der Waals surface area contributed by atoms with E-state index in [-0.39, 0.29) is 6.54 Å². The average Bonchev–Trinajstić information content (AvgIpc) is 3.20. The van der Waals surface area contributed by atoms with E-state index in [1.807, 2.05) is 0 Å². The first kappa shape index (κ1) is 17.3. The van der Waals surface area contributed by atoms with E-state index in [9.17, 15) is 5.11 Å². The van der Waals surface area contributed by atoms with Crippen molar-refractivity contribution < 1.29 is 9.63 Å². The summed E-state index contributed by atoms with van der Waals surface area (Å²) in [6, 6.07) is 6.85. The van der Waals surface area contributed by atoms with Gasteiger partial charge in [-0.1, -0.05) is 34.4 Å². The lowest BCUT2D eigenvalue weighted by Gasteiger charge is -2.29. The maximum Gasteiger partial charge on any atom is 0.137 e. The van der Waals surface area contributed by atoms with Crippen LogP contribution >= 0.6 is 35.0 Å². The molecule has 1 aromatic carbocycles. The van der Waals surface area contributed by atoms with E-state index >= 15 is 0 Å². The van der Waals surface area contributed by atoms with Crippen molar-refractivity contribution in [2.24, 2.45) is 0 Å². The molecule has 0 aliphatic rings. The summed E-state index contributed by atoms with van der Waals surface area (Å²) >= 11 is 13.8. The van der Waals surface area contributed by atoms with Gasteiger partial charge in [0.05, 0.1) is 12.2 Å². The number of rotatable bonds is 7. The summed E-state index contributed by atoms with van der Waals surface area (Å²) in [5.74, 6) is 1.00. The number of hydrogen-bond acceptors (Lipinski definition) is 6. The number of benzene rings is 1. The summed E-state index contributed by atoms with van der Waals surface area (Å²) in [4.78, 5) is 3.91. The van der Waals surface area contributed by atoms with Gasteiger partial charge in [-0.05, 0) is 12.1 Å². The largest absolute Gasteiger partial charge is 0.382 e. The summed E-state index contributed by atoms with van der Waals surface area (Å²) in [5.41, 5.74) is 0.172. The smallest absolute Gasteiger partial charge is 0.137 e. The fraction of sp³-hybridized carbons (Fsp3) is 0.267. The molecular weight excluding hydrogens is 371 g/mol. The summed E-state index contributed by atoms with van der Waals surface area (Å²) in [5, 5.41) is 20.1. The maximum atomic E-state index is 11.3. The molecule has 3 aromatic rings. The highest BCUT2D eigenvalue weighted by molar-refractivity contribution is 7.98. The predicted octanol–water partition coefficient (Wildman–Crippen LogP) is 3.39. The zero-order valence-corrected chi connectivity index (χ0v) is 14.8. The van der Waals surface area contributed by atoms with Crippen LogP contribution in [0.4, 0.5) is 0 Å². The molecule has 0 saturated carbocycles. The monoisotopic (exact) mass is 384 g/mol. The van der Waals surface area contributed by atoms with Gasteiger partial charge in [0.25, 0.3) is 0 Å². The van der Waals surface area contributed by atoms with Gasteiger partial charge < -0.3 is 9.63 Å². The van der Waals surface area contributed by atoms with Crippen LogP contribution in [0.5, 0.6) is 0 Å². The fourth-order valence-corrected chi connectivity index (χ4v) is 3.92. The Morgan fingerprint density at radius 2 is 2.17 bits per heavy atom. The molecule has 0 aliphatic heterocycles. The van der Waals surface area contributed by atoms with Crippen molar-refractivity contribution >= 4 is 35.0 Å². The lowest BCUT2D eigenvalue weighted by atomic mass is 9.95. The lowest BCUT2D eigenvalue weighted by Crippen LogP contribution is -2.35. The van der Waals surface area contributed by atoms with Crippen LogP contribution in [0.1, 0.15) is 11.3 Å². The second-order valence-corrected chi connectivity index (χ2v) is 7.06. The summed E-state index contributed by atoms with van der Waals surface area (Å²) in [6.45, 7) is 0.222. The first-order chi connectivity index (χ1) is 11.6. The van der Waals surface area contributed by atoms with Crippen molar-refractivity contribution in [2.75, 3.05) is 5.75 Å². The van der Waals surface area contributed by atoms with E-state index in [1.54, 1.807) is 35.3 Å². The van der Waals surface area contributed by atoms with Crippen molar-refractivity contribution in [3.05, 3.63) is 64.5 Å². The molecule has 0 aliphatic carbocycles. The van der Waals surface area contributed by atoms with E-state index in [0.717, 1.165) is 5.69 Å². The molecule has 2 heterocycles. The average molecular weight is 385 g/mol. The molecule has 2 aromatic heterocycles. The van der Waals surface area contributed by atoms with Gasteiger partial charge in [0.15, 0.2) is 0 Å². The van der Waals surface area contributed by atoms with Crippen molar-refractivity contribution in [1.82, 2.24) is 19.9 Å².